The summed E-state index contributed by atoms with van der Waals surface area (Å²) in [5, 5.41) is 43.4. The van der Waals surface area contributed by atoms with Crippen molar-refractivity contribution in [3.63, 3.8) is 0 Å². The smallest absolute Gasteiger partial charge is 0.159 e. The van der Waals surface area contributed by atoms with Gasteiger partial charge in [-0.25, -0.2) is 0 Å². The molecular weight excluding hydrogens is 404 g/mol. The van der Waals surface area contributed by atoms with Gasteiger partial charge in [0.05, 0.1) is 23.4 Å². The number of allylic oxidation sites excluding steroid dienone is 1. The molecule has 0 unspecified atom stereocenters. The van der Waals surface area contributed by atoms with E-state index in [1.807, 2.05) is 0 Å². The van der Waals surface area contributed by atoms with Crippen LogP contribution >= 0.6 is 0 Å². The molecule has 3 fully saturated rings. The van der Waals surface area contributed by atoms with Crippen molar-refractivity contribution in [3.05, 3.63) is 11.6 Å². The average molecular weight is 449 g/mol. The summed E-state index contributed by atoms with van der Waals surface area (Å²) in [4.78, 5) is 13.2. The van der Waals surface area contributed by atoms with Crippen LogP contribution in [0.2, 0.25) is 0 Å². The first-order valence-corrected chi connectivity index (χ1v) is 12.8. The number of rotatable bonds is 5. The van der Waals surface area contributed by atoms with Crippen molar-refractivity contribution in [1.82, 2.24) is 0 Å². The monoisotopic (exact) mass is 448 g/mol. The number of carbonyl (C=O) groups is 1. The predicted molar refractivity (Wildman–Crippen MR) is 124 cm³/mol. The van der Waals surface area contributed by atoms with Crippen LogP contribution in [-0.2, 0) is 4.79 Å². The van der Waals surface area contributed by atoms with Gasteiger partial charge in [-0.3, -0.25) is 4.79 Å². The second-order valence-electron chi connectivity index (χ2n) is 12.8. The van der Waals surface area contributed by atoms with Crippen LogP contribution in [0.15, 0.2) is 11.6 Å². The van der Waals surface area contributed by atoms with E-state index in [9.17, 15) is 25.2 Å². The molecule has 3 saturated carbocycles. The Morgan fingerprint density at radius 2 is 1.81 bits per heavy atom. The standard InChI is InChI=1S/C27H44O5/c1-16(22(29)9-10-24(2,3)31)18-8-13-27(32)20-15-23(30)21-14-17(28)6-11-25(21,4)19(20)7-12-26(18,27)5/h15-19,21-22,28-29,31-32H,6-14H2,1-5H3/t16-,17-,18+,19-,21+,22+,25+,26+,27+/m0/s1. The highest BCUT2D eigenvalue weighted by atomic mass is 16.3. The van der Waals surface area contributed by atoms with Crippen molar-refractivity contribution in [2.45, 2.75) is 116 Å². The summed E-state index contributed by atoms with van der Waals surface area (Å²) in [5.74, 6) is 0.301. The Bertz CT molecular complexity index is 783. The van der Waals surface area contributed by atoms with E-state index in [2.05, 4.69) is 20.8 Å². The van der Waals surface area contributed by atoms with Crippen LogP contribution in [0.4, 0.5) is 0 Å². The third-order valence-corrected chi connectivity index (χ3v) is 10.4. The molecule has 32 heavy (non-hydrogen) atoms. The number of ketones is 1. The lowest BCUT2D eigenvalue weighted by atomic mass is 9.46. The molecule has 0 radical (unpaired) electrons. The minimum atomic E-state index is -1.01. The number of hydrogen-bond donors (Lipinski definition) is 4. The summed E-state index contributed by atoms with van der Waals surface area (Å²) in [7, 11) is 0. The summed E-state index contributed by atoms with van der Waals surface area (Å²) >= 11 is 0. The first-order valence-electron chi connectivity index (χ1n) is 12.8. The fourth-order valence-corrected chi connectivity index (χ4v) is 8.23. The molecule has 0 saturated heterocycles. The highest BCUT2D eigenvalue weighted by Gasteiger charge is 2.66. The van der Waals surface area contributed by atoms with E-state index in [0.29, 0.717) is 25.7 Å². The van der Waals surface area contributed by atoms with E-state index in [-0.39, 0.29) is 40.3 Å². The molecular formula is C27H44O5. The third kappa shape index (κ3) is 3.62. The van der Waals surface area contributed by atoms with Gasteiger partial charge in [-0.15, -0.1) is 0 Å². The zero-order valence-electron chi connectivity index (χ0n) is 20.6. The van der Waals surface area contributed by atoms with Crippen LogP contribution in [0.3, 0.4) is 0 Å². The predicted octanol–water partition coefficient (Wildman–Crippen LogP) is 3.77. The van der Waals surface area contributed by atoms with E-state index >= 15 is 0 Å². The molecule has 0 aromatic carbocycles. The van der Waals surface area contributed by atoms with Gasteiger partial charge in [-0.2, -0.15) is 0 Å². The normalized spacial score (nSPS) is 46.0. The van der Waals surface area contributed by atoms with Gasteiger partial charge in [0.2, 0.25) is 0 Å². The highest BCUT2D eigenvalue weighted by Crippen LogP contribution is 2.68. The maximum Gasteiger partial charge on any atom is 0.159 e. The van der Waals surface area contributed by atoms with Gasteiger partial charge in [0.15, 0.2) is 5.78 Å². The number of hydrogen-bond acceptors (Lipinski definition) is 5. The SMILES string of the molecule is C[C@H]([C@H](O)CCC(C)(C)O)[C@H]1CC[C@@]2(O)C3=CC(=O)[C@H]4C[C@@H](O)CC[C@]4(C)[C@H]3CC[C@]12C. The summed E-state index contributed by atoms with van der Waals surface area (Å²) in [6, 6.07) is 0. The molecule has 0 aliphatic heterocycles. The summed E-state index contributed by atoms with van der Waals surface area (Å²) < 4.78 is 0. The molecule has 4 N–H and O–H groups in total. The number of aliphatic hydroxyl groups excluding tert-OH is 2. The van der Waals surface area contributed by atoms with Crippen molar-refractivity contribution in [2.24, 2.45) is 34.5 Å². The molecule has 0 aromatic heterocycles. The zero-order valence-corrected chi connectivity index (χ0v) is 20.6. The van der Waals surface area contributed by atoms with Crippen molar-refractivity contribution in [2.75, 3.05) is 0 Å². The topological polar surface area (TPSA) is 98.0 Å². The summed E-state index contributed by atoms with van der Waals surface area (Å²) in [6.07, 6.45) is 7.33. The maximum atomic E-state index is 13.2. The van der Waals surface area contributed by atoms with Gasteiger partial charge in [0.1, 0.15) is 0 Å². The van der Waals surface area contributed by atoms with Crippen LogP contribution in [0.1, 0.15) is 92.4 Å². The van der Waals surface area contributed by atoms with Crippen molar-refractivity contribution in [1.29, 1.82) is 0 Å². The number of fused-ring (bicyclic) bond motifs is 5. The molecule has 0 bridgehead atoms. The summed E-state index contributed by atoms with van der Waals surface area (Å²) in [5.41, 5.74) is -1.43. The lowest BCUT2D eigenvalue weighted by Gasteiger charge is -2.59. The van der Waals surface area contributed by atoms with E-state index < -0.39 is 23.4 Å². The molecule has 4 rings (SSSR count). The fourth-order valence-electron chi connectivity index (χ4n) is 8.23. The van der Waals surface area contributed by atoms with Gasteiger partial charge in [0.25, 0.3) is 0 Å². The Hall–Kier alpha value is -0.750. The molecule has 5 heteroatoms. The molecule has 4 aliphatic rings. The number of aliphatic hydroxyl groups is 4. The first kappa shape index (κ1) is 24.4. The molecule has 182 valence electrons. The zero-order chi connectivity index (χ0) is 23.7. The molecule has 0 spiro atoms. The minimum absolute atomic E-state index is 0.0148. The average Bonchev–Trinajstić information content (AvgIpc) is 2.98. The quantitative estimate of drug-likeness (QED) is 0.513. The van der Waals surface area contributed by atoms with Crippen LogP contribution in [0, 0.1) is 34.5 Å². The second-order valence-corrected chi connectivity index (χ2v) is 12.8. The fraction of sp³-hybridized carbons (Fsp3) is 0.889. The molecule has 5 nitrogen and oxygen atoms in total. The van der Waals surface area contributed by atoms with Crippen molar-refractivity contribution < 1.29 is 25.2 Å². The van der Waals surface area contributed by atoms with Gasteiger partial charge in [-0.1, -0.05) is 20.8 Å². The maximum absolute atomic E-state index is 13.2. The minimum Gasteiger partial charge on any atom is -0.393 e. The Kier molecular flexibility index (Phi) is 6.02. The summed E-state index contributed by atoms with van der Waals surface area (Å²) in [6.45, 7) is 10.0. The van der Waals surface area contributed by atoms with Crippen molar-refractivity contribution in [3.8, 4) is 0 Å². The van der Waals surface area contributed by atoms with E-state index in [1.165, 1.54) is 0 Å². The Morgan fingerprint density at radius 3 is 2.47 bits per heavy atom. The second kappa shape index (κ2) is 7.90. The molecule has 4 aliphatic carbocycles. The lowest BCUT2D eigenvalue weighted by molar-refractivity contribution is -0.142. The molecule has 0 amide bonds. The highest BCUT2D eigenvalue weighted by molar-refractivity contribution is 5.95. The van der Waals surface area contributed by atoms with E-state index in [1.54, 1.807) is 19.9 Å². The van der Waals surface area contributed by atoms with Gasteiger partial charge in [0, 0.05) is 11.3 Å². The van der Waals surface area contributed by atoms with Crippen LogP contribution in [0.5, 0.6) is 0 Å². The van der Waals surface area contributed by atoms with E-state index in [0.717, 1.165) is 37.7 Å². The van der Waals surface area contributed by atoms with Crippen LogP contribution < -0.4 is 0 Å². The number of carbonyl (C=O) groups excluding carboxylic acids is 1. The molecule has 9 atom stereocenters. The van der Waals surface area contributed by atoms with Crippen LogP contribution in [-0.4, -0.2) is 49.6 Å². The largest absolute Gasteiger partial charge is 0.393 e. The third-order valence-electron chi connectivity index (χ3n) is 10.4. The molecule has 0 heterocycles. The molecule has 0 aromatic rings. The Balaban J connectivity index is 1.61. The lowest BCUT2D eigenvalue weighted by Crippen LogP contribution is -2.59. The Morgan fingerprint density at radius 1 is 1.12 bits per heavy atom. The van der Waals surface area contributed by atoms with Gasteiger partial charge < -0.3 is 20.4 Å². The van der Waals surface area contributed by atoms with Gasteiger partial charge >= 0.3 is 0 Å². The van der Waals surface area contributed by atoms with Gasteiger partial charge in [-0.05, 0) is 106 Å². The first-order chi connectivity index (χ1) is 14.7. The van der Waals surface area contributed by atoms with Crippen LogP contribution in [0.25, 0.3) is 0 Å². The Labute approximate surface area is 193 Å². The van der Waals surface area contributed by atoms with E-state index in [4.69, 9.17) is 0 Å². The van der Waals surface area contributed by atoms with Crippen molar-refractivity contribution >= 4 is 5.78 Å².